The number of amides is 1. The lowest BCUT2D eigenvalue weighted by molar-refractivity contribution is -0.121. The number of carbonyl (C=O) groups is 1. The number of hydrogen-bond acceptors (Lipinski definition) is 3. The third-order valence-corrected chi connectivity index (χ3v) is 2.90. The Kier molecular flexibility index (Phi) is 5.59. The maximum Gasteiger partial charge on any atom is 0.238 e. The van der Waals surface area contributed by atoms with E-state index in [-0.39, 0.29) is 13.0 Å². The van der Waals surface area contributed by atoms with Gasteiger partial charge in [-0.15, -0.1) is 11.6 Å². The van der Waals surface area contributed by atoms with Gasteiger partial charge in [-0.2, -0.15) is 0 Å². The fourth-order valence-electron chi connectivity index (χ4n) is 1.49. The third kappa shape index (κ3) is 5.04. The summed E-state index contributed by atoms with van der Waals surface area (Å²) in [6, 6.07) is 9.61. The Balaban J connectivity index is 2.30. The summed E-state index contributed by atoms with van der Waals surface area (Å²) in [5.41, 5.74) is 6.14. The second-order valence-electron chi connectivity index (χ2n) is 4.42. The molecule has 0 aliphatic heterocycles. The van der Waals surface area contributed by atoms with Crippen LogP contribution in [0.5, 0.6) is 0 Å². The van der Waals surface area contributed by atoms with Crippen molar-refractivity contribution in [3.63, 3.8) is 0 Å². The fourth-order valence-corrected chi connectivity index (χ4v) is 1.67. The largest absolute Gasteiger partial charge is 0.391 e. The first-order valence-electron chi connectivity index (χ1n) is 5.70. The van der Waals surface area contributed by atoms with Crippen molar-refractivity contribution in [1.82, 2.24) is 0 Å². The van der Waals surface area contributed by atoms with Crippen molar-refractivity contribution >= 4 is 17.5 Å². The standard InChI is InChI=1S/C13H18ClNO3/c1-13(14,12(15)17)7-11(16)9-18-8-10-5-3-2-4-6-10/h2-6,11,16H,7-9H2,1H3,(H2,15,17)/t11-,13?/m1/s1. The Morgan fingerprint density at radius 1 is 1.50 bits per heavy atom. The van der Waals surface area contributed by atoms with E-state index < -0.39 is 16.9 Å². The molecule has 0 aromatic heterocycles. The normalized spacial score (nSPS) is 15.9. The van der Waals surface area contributed by atoms with Gasteiger partial charge in [-0.25, -0.2) is 0 Å². The Morgan fingerprint density at radius 3 is 2.67 bits per heavy atom. The lowest BCUT2D eigenvalue weighted by atomic mass is 10.0. The Morgan fingerprint density at radius 2 is 2.11 bits per heavy atom. The Labute approximate surface area is 112 Å². The smallest absolute Gasteiger partial charge is 0.238 e. The number of benzene rings is 1. The molecule has 4 nitrogen and oxygen atoms in total. The fraction of sp³-hybridized carbons (Fsp3) is 0.462. The molecule has 1 unspecified atom stereocenters. The number of ether oxygens (including phenoxy) is 1. The third-order valence-electron chi connectivity index (χ3n) is 2.55. The number of halogens is 1. The number of alkyl halides is 1. The molecule has 0 heterocycles. The molecule has 0 aliphatic rings. The first-order chi connectivity index (χ1) is 8.42. The monoisotopic (exact) mass is 271 g/mol. The zero-order valence-electron chi connectivity index (χ0n) is 10.3. The predicted molar refractivity (Wildman–Crippen MR) is 70.2 cm³/mol. The average molecular weight is 272 g/mol. The summed E-state index contributed by atoms with van der Waals surface area (Å²) in [5, 5.41) is 9.69. The minimum atomic E-state index is -1.24. The average Bonchev–Trinajstić information content (AvgIpc) is 2.29. The SMILES string of the molecule is CC(Cl)(C[C@@H](O)COCc1ccccc1)C(N)=O. The van der Waals surface area contributed by atoms with Crippen LogP contribution in [0.3, 0.4) is 0 Å². The number of primary amides is 1. The van der Waals surface area contributed by atoms with E-state index in [4.69, 9.17) is 22.1 Å². The number of rotatable bonds is 7. The van der Waals surface area contributed by atoms with Crippen LogP contribution in [0, 0.1) is 0 Å². The molecule has 0 bridgehead atoms. The molecule has 0 saturated carbocycles. The zero-order valence-corrected chi connectivity index (χ0v) is 11.1. The van der Waals surface area contributed by atoms with Crippen molar-refractivity contribution in [2.45, 2.75) is 30.9 Å². The molecule has 1 aromatic rings. The van der Waals surface area contributed by atoms with Gasteiger partial charge in [0.25, 0.3) is 0 Å². The molecule has 0 saturated heterocycles. The second kappa shape index (κ2) is 6.73. The molecule has 5 heteroatoms. The van der Waals surface area contributed by atoms with Crippen molar-refractivity contribution in [2.24, 2.45) is 5.73 Å². The molecule has 0 fully saturated rings. The van der Waals surface area contributed by atoms with Crippen molar-refractivity contribution in [2.75, 3.05) is 6.61 Å². The number of nitrogens with two attached hydrogens (primary N) is 1. The van der Waals surface area contributed by atoms with Crippen LogP contribution in [0.2, 0.25) is 0 Å². The number of aliphatic hydroxyl groups excluding tert-OH is 1. The maximum atomic E-state index is 11.0. The van der Waals surface area contributed by atoms with Crippen LogP contribution >= 0.6 is 11.6 Å². The van der Waals surface area contributed by atoms with Gasteiger partial charge in [0.15, 0.2) is 0 Å². The lowest BCUT2D eigenvalue weighted by Crippen LogP contribution is -2.39. The van der Waals surface area contributed by atoms with Gasteiger partial charge >= 0.3 is 0 Å². The molecule has 100 valence electrons. The summed E-state index contributed by atoms with van der Waals surface area (Å²) in [6.45, 7) is 2.01. The van der Waals surface area contributed by atoms with E-state index in [1.54, 1.807) is 0 Å². The molecule has 1 aromatic carbocycles. The minimum Gasteiger partial charge on any atom is -0.391 e. The highest BCUT2D eigenvalue weighted by Gasteiger charge is 2.30. The highest BCUT2D eigenvalue weighted by Crippen LogP contribution is 2.20. The molecule has 0 spiro atoms. The van der Waals surface area contributed by atoms with Crippen LogP contribution in [0.1, 0.15) is 18.9 Å². The summed E-state index contributed by atoms with van der Waals surface area (Å²) < 4.78 is 5.35. The van der Waals surface area contributed by atoms with Gasteiger partial charge in [-0.3, -0.25) is 4.79 Å². The van der Waals surface area contributed by atoms with E-state index in [1.807, 2.05) is 30.3 Å². The zero-order chi connectivity index (χ0) is 13.6. The van der Waals surface area contributed by atoms with E-state index in [2.05, 4.69) is 0 Å². The summed E-state index contributed by atoms with van der Waals surface area (Å²) in [4.78, 5) is 9.75. The first kappa shape index (κ1) is 15.0. The number of aliphatic hydroxyl groups is 1. The molecular weight excluding hydrogens is 254 g/mol. The van der Waals surface area contributed by atoms with E-state index in [9.17, 15) is 9.90 Å². The van der Waals surface area contributed by atoms with Gasteiger partial charge in [0.2, 0.25) is 5.91 Å². The molecule has 3 N–H and O–H groups in total. The molecular formula is C13H18ClNO3. The topological polar surface area (TPSA) is 72.6 Å². The summed E-state index contributed by atoms with van der Waals surface area (Å²) in [6.07, 6.45) is -0.748. The minimum absolute atomic E-state index is 0.0681. The highest BCUT2D eigenvalue weighted by atomic mass is 35.5. The van der Waals surface area contributed by atoms with Crippen molar-refractivity contribution < 1.29 is 14.6 Å². The van der Waals surface area contributed by atoms with Crippen LogP contribution in [-0.2, 0) is 16.1 Å². The molecule has 1 amide bonds. The molecule has 0 radical (unpaired) electrons. The highest BCUT2D eigenvalue weighted by molar-refractivity contribution is 6.34. The van der Waals surface area contributed by atoms with Crippen LogP contribution in [0.4, 0.5) is 0 Å². The van der Waals surface area contributed by atoms with E-state index >= 15 is 0 Å². The first-order valence-corrected chi connectivity index (χ1v) is 6.08. The Bertz CT molecular complexity index is 381. The molecule has 1 rings (SSSR count). The lowest BCUT2D eigenvalue weighted by Gasteiger charge is -2.21. The van der Waals surface area contributed by atoms with Gasteiger partial charge in [-0.1, -0.05) is 30.3 Å². The van der Waals surface area contributed by atoms with Gasteiger partial charge in [-0.05, 0) is 12.5 Å². The van der Waals surface area contributed by atoms with Crippen LogP contribution in [-0.4, -0.2) is 28.6 Å². The molecule has 18 heavy (non-hydrogen) atoms. The maximum absolute atomic E-state index is 11.0. The van der Waals surface area contributed by atoms with Crippen LogP contribution in [0.15, 0.2) is 30.3 Å². The van der Waals surface area contributed by atoms with Crippen molar-refractivity contribution in [3.05, 3.63) is 35.9 Å². The van der Waals surface area contributed by atoms with Gasteiger partial charge in [0.1, 0.15) is 4.87 Å². The molecule has 2 atom stereocenters. The Hall–Kier alpha value is -1.10. The van der Waals surface area contributed by atoms with Gasteiger partial charge in [0.05, 0.1) is 19.3 Å². The number of carbonyl (C=O) groups excluding carboxylic acids is 1. The van der Waals surface area contributed by atoms with Crippen molar-refractivity contribution in [1.29, 1.82) is 0 Å². The van der Waals surface area contributed by atoms with Crippen LogP contribution in [0.25, 0.3) is 0 Å². The summed E-state index contributed by atoms with van der Waals surface area (Å²) in [5.74, 6) is -0.647. The second-order valence-corrected chi connectivity index (χ2v) is 5.25. The van der Waals surface area contributed by atoms with Gasteiger partial charge in [0, 0.05) is 6.42 Å². The number of hydrogen-bond donors (Lipinski definition) is 2. The summed E-state index contributed by atoms with van der Waals surface area (Å²) >= 11 is 5.87. The van der Waals surface area contributed by atoms with Gasteiger partial charge < -0.3 is 15.6 Å². The quantitative estimate of drug-likeness (QED) is 0.737. The summed E-state index contributed by atoms with van der Waals surface area (Å²) in [7, 11) is 0. The van der Waals surface area contributed by atoms with E-state index in [1.165, 1.54) is 6.92 Å². The molecule has 0 aliphatic carbocycles. The predicted octanol–water partition coefficient (Wildman–Crippen LogP) is 1.44. The van der Waals surface area contributed by atoms with E-state index in [0.29, 0.717) is 6.61 Å². The van der Waals surface area contributed by atoms with Crippen LogP contribution < -0.4 is 5.73 Å². The van der Waals surface area contributed by atoms with E-state index in [0.717, 1.165) is 5.56 Å². The van der Waals surface area contributed by atoms with Crippen molar-refractivity contribution in [3.8, 4) is 0 Å².